The first kappa shape index (κ1) is 10.3. The van der Waals surface area contributed by atoms with Crippen LogP contribution in [0.15, 0.2) is 0 Å². The normalized spacial score (nSPS) is 29.8. The fraction of sp³-hybridized carbons (Fsp3) is 1.00. The van der Waals surface area contributed by atoms with Gasteiger partial charge in [0.05, 0.1) is 6.10 Å². The zero-order valence-corrected chi connectivity index (χ0v) is 8.86. The Hall–Kier alpha value is 0.250. The maximum Gasteiger partial charge on any atom is 0.0639 e. The van der Waals surface area contributed by atoms with Crippen LogP contribution in [0.2, 0.25) is 0 Å². The highest BCUT2D eigenvalue weighted by Crippen LogP contribution is 2.34. The van der Waals surface area contributed by atoms with Gasteiger partial charge in [0.15, 0.2) is 0 Å². The van der Waals surface area contributed by atoms with Gasteiger partial charge in [-0.3, -0.25) is 0 Å². The van der Waals surface area contributed by atoms with E-state index in [1.807, 2.05) is 0 Å². The fourth-order valence-corrected chi connectivity index (χ4v) is 2.06. The molecule has 0 bridgehead atoms. The van der Waals surface area contributed by atoms with E-state index in [4.69, 9.17) is 16.3 Å². The van der Waals surface area contributed by atoms with E-state index in [0.717, 1.165) is 13.0 Å². The minimum atomic E-state index is 0.196. The summed E-state index contributed by atoms with van der Waals surface area (Å²) in [7, 11) is 0. The fourth-order valence-electron chi connectivity index (χ4n) is 1.70. The summed E-state index contributed by atoms with van der Waals surface area (Å²) in [6.07, 6.45) is 5.22. The first-order valence-corrected chi connectivity index (χ1v) is 5.44. The largest absolute Gasteiger partial charge is 0.378 e. The van der Waals surface area contributed by atoms with Crippen LogP contribution in [0, 0.1) is 5.41 Å². The Kier molecular flexibility index (Phi) is 3.85. The number of hydrogen-bond acceptors (Lipinski definition) is 1. The van der Waals surface area contributed by atoms with E-state index in [1.165, 1.54) is 19.3 Å². The average molecular weight is 191 g/mol. The number of hydrogen-bond donors (Lipinski definition) is 0. The van der Waals surface area contributed by atoms with Gasteiger partial charge in [0.25, 0.3) is 0 Å². The highest BCUT2D eigenvalue weighted by Gasteiger charge is 2.33. The Morgan fingerprint density at radius 1 is 1.50 bits per heavy atom. The summed E-state index contributed by atoms with van der Waals surface area (Å²) in [6, 6.07) is 0. The first-order valence-electron chi connectivity index (χ1n) is 4.90. The molecule has 1 aliphatic rings. The van der Waals surface area contributed by atoms with Gasteiger partial charge in [0.1, 0.15) is 0 Å². The SMILES string of the molecule is CCC(C)(CCl)C1CCCCO1. The molecule has 1 saturated heterocycles. The molecule has 1 nitrogen and oxygen atoms in total. The maximum atomic E-state index is 5.96. The Balaban J connectivity index is 2.51. The molecule has 72 valence electrons. The molecular formula is C10H19ClO. The molecule has 0 spiro atoms. The molecule has 2 unspecified atom stereocenters. The van der Waals surface area contributed by atoms with Crippen molar-refractivity contribution in [2.75, 3.05) is 12.5 Å². The van der Waals surface area contributed by atoms with Gasteiger partial charge in [-0.25, -0.2) is 0 Å². The van der Waals surface area contributed by atoms with E-state index in [1.54, 1.807) is 0 Å². The van der Waals surface area contributed by atoms with Crippen molar-refractivity contribution in [1.29, 1.82) is 0 Å². The standard InChI is InChI=1S/C10H19ClO/c1-3-10(2,8-11)9-6-4-5-7-12-9/h9H,3-8H2,1-2H3. The van der Waals surface area contributed by atoms with E-state index < -0.39 is 0 Å². The third-order valence-corrected chi connectivity index (χ3v) is 3.68. The van der Waals surface area contributed by atoms with Crippen LogP contribution in [0.5, 0.6) is 0 Å². The zero-order valence-electron chi connectivity index (χ0n) is 8.11. The molecule has 0 aromatic rings. The molecule has 12 heavy (non-hydrogen) atoms. The van der Waals surface area contributed by atoms with Crippen LogP contribution < -0.4 is 0 Å². The molecule has 2 atom stereocenters. The molecule has 1 fully saturated rings. The van der Waals surface area contributed by atoms with Crippen LogP contribution in [-0.4, -0.2) is 18.6 Å². The number of ether oxygens (including phenoxy) is 1. The van der Waals surface area contributed by atoms with Crippen molar-refractivity contribution in [3.05, 3.63) is 0 Å². The van der Waals surface area contributed by atoms with Crippen LogP contribution in [0.3, 0.4) is 0 Å². The van der Waals surface area contributed by atoms with Crippen LogP contribution in [0.4, 0.5) is 0 Å². The molecule has 1 aliphatic heterocycles. The Morgan fingerprint density at radius 2 is 2.25 bits per heavy atom. The van der Waals surface area contributed by atoms with E-state index in [9.17, 15) is 0 Å². The van der Waals surface area contributed by atoms with Crippen molar-refractivity contribution < 1.29 is 4.74 Å². The predicted molar refractivity (Wildman–Crippen MR) is 52.7 cm³/mol. The van der Waals surface area contributed by atoms with E-state index in [2.05, 4.69) is 13.8 Å². The van der Waals surface area contributed by atoms with Crippen LogP contribution in [0.25, 0.3) is 0 Å². The third kappa shape index (κ3) is 2.14. The van der Waals surface area contributed by atoms with Gasteiger partial charge < -0.3 is 4.74 Å². The third-order valence-electron chi connectivity index (χ3n) is 3.07. The number of halogens is 1. The molecule has 0 aliphatic carbocycles. The molecule has 1 rings (SSSR count). The second-order valence-electron chi connectivity index (χ2n) is 4.00. The van der Waals surface area contributed by atoms with Crippen molar-refractivity contribution in [3.8, 4) is 0 Å². The Labute approximate surface area is 80.4 Å². The summed E-state index contributed by atoms with van der Waals surface area (Å²) in [6.45, 7) is 5.35. The summed E-state index contributed by atoms with van der Waals surface area (Å²) >= 11 is 5.96. The van der Waals surface area contributed by atoms with Gasteiger partial charge in [-0.2, -0.15) is 0 Å². The van der Waals surface area contributed by atoms with Crippen LogP contribution >= 0.6 is 11.6 Å². The predicted octanol–water partition coefficient (Wildman–Crippen LogP) is 3.21. The molecule has 2 heteroatoms. The number of alkyl halides is 1. The van der Waals surface area contributed by atoms with E-state index in [0.29, 0.717) is 12.0 Å². The van der Waals surface area contributed by atoms with Crippen molar-refractivity contribution in [2.24, 2.45) is 5.41 Å². The average Bonchev–Trinajstić information content (AvgIpc) is 2.18. The lowest BCUT2D eigenvalue weighted by Gasteiger charge is -2.37. The Bertz CT molecular complexity index is 126. The smallest absolute Gasteiger partial charge is 0.0639 e. The van der Waals surface area contributed by atoms with Crippen LogP contribution in [0.1, 0.15) is 39.5 Å². The molecular weight excluding hydrogens is 172 g/mol. The van der Waals surface area contributed by atoms with Crippen molar-refractivity contribution >= 4 is 11.6 Å². The summed E-state index contributed by atoms with van der Waals surface area (Å²) in [5.41, 5.74) is 0.196. The summed E-state index contributed by atoms with van der Waals surface area (Å²) in [5.74, 6) is 0.716. The molecule has 1 heterocycles. The van der Waals surface area contributed by atoms with Crippen molar-refractivity contribution in [2.45, 2.75) is 45.6 Å². The van der Waals surface area contributed by atoms with Gasteiger partial charge in [-0.15, -0.1) is 11.6 Å². The summed E-state index contributed by atoms with van der Waals surface area (Å²) < 4.78 is 5.74. The summed E-state index contributed by atoms with van der Waals surface area (Å²) in [5, 5.41) is 0. The zero-order chi connectivity index (χ0) is 9.03. The van der Waals surface area contributed by atoms with Crippen molar-refractivity contribution in [1.82, 2.24) is 0 Å². The highest BCUT2D eigenvalue weighted by atomic mass is 35.5. The van der Waals surface area contributed by atoms with Gasteiger partial charge in [0.2, 0.25) is 0 Å². The molecule has 0 N–H and O–H groups in total. The van der Waals surface area contributed by atoms with Gasteiger partial charge in [0, 0.05) is 17.9 Å². The minimum Gasteiger partial charge on any atom is -0.378 e. The lowest BCUT2D eigenvalue weighted by atomic mass is 9.80. The first-order chi connectivity index (χ1) is 5.73. The monoisotopic (exact) mass is 190 g/mol. The molecule has 0 amide bonds. The molecule has 0 aromatic carbocycles. The number of rotatable bonds is 3. The van der Waals surface area contributed by atoms with Gasteiger partial charge >= 0.3 is 0 Å². The highest BCUT2D eigenvalue weighted by molar-refractivity contribution is 6.18. The Morgan fingerprint density at radius 3 is 2.67 bits per heavy atom. The molecule has 0 aromatic heterocycles. The van der Waals surface area contributed by atoms with E-state index in [-0.39, 0.29) is 5.41 Å². The van der Waals surface area contributed by atoms with Gasteiger partial charge in [-0.05, 0) is 25.7 Å². The maximum absolute atomic E-state index is 5.96. The second kappa shape index (κ2) is 4.48. The topological polar surface area (TPSA) is 9.23 Å². The van der Waals surface area contributed by atoms with Crippen molar-refractivity contribution in [3.63, 3.8) is 0 Å². The summed E-state index contributed by atoms with van der Waals surface area (Å²) in [4.78, 5) is 0. The van der Waals surface area contributed by atoms with Crippen LogP contribution in [-0.2, 0) is 4.74 Å². The molecule has 0 saturated carbocycles. The quantitative estimate of drug-likeness (QED) is 0.621. The second-order valence-corrected chi connectivity index (χ2v) is 4.26. The molecule has 0 radical (unpaired) electrons. The van der Waals surface area contributed by atoms with Gasteiger partial charge in [-0.1, -0.05) is 13.8 Å². The minimum absolute atomic E-state index is 0.196. The van der Waals surface area contributed by atoms with E-state index >= 15 is 0 Å². The lowest BCUT2D eigenvalue weighted by molar-refractivity contribution is -0.0544. The lowest BCUT2D eigenvalue weighted by Crippen LogP contribution is -2.38.